The lowest BCUT2D eigenvalue weighted by Crippen LogP contribution is -1.99. The van der Waals surface area contributed by atoms with Crippen molar-refractivity contribution in [2.24, 2.45) is 0 Å². The standard InChI is InChI=1S/C14H12BrCl2N/c1-9-5-6-10(18-8-9)7-13(16)11-3-2-4-12(15)14(11)17/h2-6,8,13H,7H2,1H3. The van der Waals surface area contributed by atoms with Gasteiger partial charge in [0, 0.05) is 22.8 Å². The molecule has 0 radical (unpaired) electrons. The minimum absolute atomic E-state index is 0.176. The highest BCUT2D eigenvalue weighted by Gasteiger charge is 2.14. The molecule has 1 aromatic heterocycles. The summed E-state index contributed by atoms with van der Waals surface area (Å²) in [6.45, 7) is 2.01. The van der Waals surface area contributed by atoms with Crippen LogP contribution in [0.5, 0.6) is 0 Å². The second kappa shape index (κ2) is 6.05. The SMILES string of the molecule is Cc1ccc(CC(Cl)c2cccc(Br)c2Cl)nc1. The van der Waals surface area contributed by atoms with Crippen LogP contribution in [-0.4, -0.2) is 4.98 Å². The number of hydrogen-bond donors (Lipinski definition) is 0. The molecule has 0 fully saturated rings. The van der Waals surface area contributed by atoms with Crippen LogP contribution in [-0.2, 0) is 6.42 Å². The summed E-state index contributed by atoms with van der Waals surface area (Å²) < 4.78 is 0.865. The van der Waals surface area contributed by atoms with Gasteiger partial charge in [-0.3, -0.25) is 4.98 Å². The van der Waals surface area contributed by atoms with E-state index in [-0.39, 0.29) is 5.38 Å². The first-order valence-electron chi connectivity index (χ1n) is 5.57. The smallest absolute Gasteiger partial charge is 0.0655 e. The molecule has 1 nitrogen and oxygen atoms in total. The molecule has 0 spiro atoms. The van der Waals surface area contributed by atoms with Crippen molar-refractivity contribution >= 4 is 39.1 Å². The van der Waals surface area contributed by atoms with Gasteiger partial charge < -0.3 is 0 Å². The summed E-state index contributed by atoms with van der Waals surface area (Å²) in [6.07, 6.45) is 2.51. The molecule has 4 heteroatoms. The summed E-state index contributed by atoms with van der Waals surface area (Å²) >= 11 is 16.0. The first-order valence-corrected chi connectivity index (χ1v) is 7.18. The fourth-order valence-corrected chi connectivity index (χ4v) is 2.71. The zero-order chi connectivity index (χ0) is 13.1. The van der Waals surface area contributed by atoms with E-state index in [1.54, 1.807) is 0 Å². The first kappa shape index (κ1) is 13.9. The number of nitrogens with zero attached hydrogens (tertiary/aromatic N) is 1. The lowest BCUT2D eigenvalue weighted by molar-refractivity contribution is 0.878. The van der Waals surface area contributed by atoms with Crippen LogP contribution in [0.2, 0.25) is 5.02 Å². The number of hydrogen-bond acceptors (Lipinski definition) is 1. The number of pyridine rings is 1. The Morgan fingerprint density at radius 3 is 2.72 bits per heavy atom. The average molecular weight is 345 g/mol. The van der Waals surface area contributed by atoms with Gasteiger partial charge in [0.15, 0.2) is 0 Å². The summed E-state index contributed by atoms with van der Waals surface area (Å²) in [4.78, 5) is 4.36. The van der Waals surface area contributed by atoms with Crippen molar-refractivity contribution in [1.29, 1.82) is 0 Å². The van der Waals surface area contributed by atoms with Crippen molar-refractivity contribution in [2.45, 2.75) is 18.7 Å². The van der Waals surface area contributed by atoms with E-state index < -0.39 is 0 Å². The number of aryl methyl sites for hydroxylation is 1. The Morgan fingerprint density at radius 1 is 1.28 bits per heavy atom. The maximum Gasteiger partial charge on any atom is 0.0655 e. The molecule has 0 bridgehead atoms. The maximum atomic E-state index is 6.41. The Kier molecular flexibility index (Phi) is 4.66. The highest BCUT2D eigenvalue weighted by Crippen LogP contribution is 2.34. The van der Waals surface area contributed by atoms with E-state index in [2.05, 4.69) is 20.9 Å². The van der Waals surface area contributed by atoms with Gasteiger partial charge in [-0.1, -0.05) is 29.8 Å². The molecular formula is C14H12BrCl2N. The third kappa shape index (κ3) is 3.25. The van der Waals surface area contributed by atoms with E-state index >= 15 is 0 Å². The van der Waals surface area contributed by atoms with Gasteiger partial charge in [0.25, 0.3) is 0 Å². The number of alkyl halides is 1. The van der Waals surface area contributed by atoms with E-state index in [1.807, 2.05) is 43.5 Å². The molecule has 0 aliphatic heterocycles. The zero-order valence-electron chi connectivity index (χ0n) is 9.83. The Morgan fingerprint density at radius 2 is 2.06 bits per heavy atom. The normalized spacial score (nSPS) is 12.4. The fourth-order valence-electron chi connectivity index (χ4n) is 1.68. The van der Waals surface area contributed by atoms with Crippen LogP contribution in [0.1, 0.15) is 22.2 Å². The van der Waals surface area contributed by atoms with E-state index in [1.165, 1.54) is 0 Å². The molecule has 0 aliphatic rings. The number of aromatic nitrogens is 1. The van der Waals surface area contributed by atoms with Crippen LogP contribution in [0.4, 0.5) is 0 Å². The highest BCUT2D eigenvalue weighted by atomic mass is 79.9. The lowest BCUT2D eigenvalue weighted by atomic mass is 10.1. The molecule has 1 aromatic carbocycles. The lowest BCUT2D eigenvalue weighted by Gasteiger charge is -2.12. The second-order valence-corrected chi connectivity index (χ2v) is 5.90. The molecule has 0 saturated carbocycles. The fraction of sp³-hybridized carbons (Fsp3) is 0.214. The Labute approximate surface area is 125 Å². The number of rotatable bonds is 3. The van der Waals surface area contributed by atoms with Crippen molar-refractivity contribution in [3.8, 4) is 0 Å². The quantitative estimate of drug-likeness (QED) is 0.686. The molecule has 0 saturated heterocycles. The van der Waals surface area contributed by atoms with E-state index in [0.29, 0.717) is 11.4 Å². The summed E-state index contributed by atoms with van der Waals surface area (Å²) in [7, 11) is 0. The molecule has 0 aliphatic carbocycles. The topological polar surface area (TPSA) is 12.9 Å². The van der Waals surface area contributed by atoms with Crippen LogP contribution >= 0.6 is 39.1 Å². The van der Waals surface area contributed by atoms with Crippen LogP contribution in [0.25, 0.3) is 0 Å². The first-order chi connectivity index (χ1) is 8.58. The minimum atomic E-state index is -0.176. The van der Waals surface area contributed by atoms with E-state index in [4.69, 9.17) is 23.2 Å². The molecule has 2 rings (SSSR count). The van der Waals surface area contributed by atoms with Crippen molar-refractivity contribution in [3.63, 3.8) is 0 Å². The molecular weight excluding hydrogens is 333 g/mol. The van der Waals surface area contributed by atoms with Gasteiger partial charge in [0.2, 0.25) is 0 Å². The summed E-state index contributed by atoms with van der Waals surface area (Å²) in [6, 6.07) is 9.81. The number of benzene rings is 1. The maximum absolute atomic E-state index is 6.41. The van der Waals surface area contributed by atoms with E-state index in [0.717, 1.165) is 21.3 Å². The highest BCUT2D eigenvalue weighted by molar-refractivity contribution is 9.10. The molecule has 94 valence electrons. The van der Waals surface area contributed by atoms with Gasteiger partial charge in [-0.2, -0.15) is 0 Å². The van der Waals surface area contributed by atoms with Crippen molar-refractivity contribution in [1.82, 2.24) is 4.98 Å². The largest absolute Gasteiger partial charge is 0.261 e. The third-order valence-corrected chi connectivity index (χ3v) is 4.38. The van der Waals surface area contributed by atoms with Gasteiger partial charge in [0.1, 0.15) is 0 Å². The summed E-state index contributed by atoms with van der Waals surface area (Å²) in [5.41, 5.74) is 3.04. The van der Waals surface area contributed by atoms with E-state index in [9.17, 15) is 0 Å². The predicted molar refractivity (Wildman–Crippen MR) is 80.4 cm³/mol. The predicted octanol–water partition coefficient (Wildman–Crippen LogP) is 5.33. The molecule has 1 heterocycles. The minimum Gasteiger partial charge on any atom is -0.261 e. The van der Waals surface area contributed by atoms with Crippen molar-refractivity contribution < 1.29 is 0 Å². The van der Waals surface area contributed by atoms with Crippen LogP contribution in [0, 0.1) is 6.92 Å². The zero-order valence-corrected chi connectivity index (χ0v) is 12.9. The molecule has 0 amide bonds. The average Bonchev–Trinajstić information content (AvgIpc) is 2.35. The third-order valence-electron chi connectivity index (χ3n) is 2.68. The molecule has 0 N–H and O–H groups in total. The molecule has 2 aromatic rings. The molecule has 18 heavy (non-hydrogen) atoms. The Hall–Kier alpha value is -0.570. The van der Waals surface area contributed by atoms with Gasteiger partial charge in [0.05, 0.1) is 10.4 Å². The van der Waals surface area contributed by atoms with Gasteiger partial charge in [-0.15, -0.1) is 11.6 Å². The number of halogens is 3. The van der Waals surface area contributed by atoms with Crippen molar-refractivity contribution in [3.05, 3.63) is 62.8 Å². The van der Waals surface area contributed by atoms with Crippen LogP contribution < -0.4 is 0 Å². The van der Waals surface area contributed by atoms with Gasteiger partial charge >= 0.3 is 0 Å². The van der Waals surface area contributed by atoms with Crippen LogP contribution in [0.15, 0.2) is 41.0 Å². The van der Waals surface area contributed by atoms with Crippen LogP contribution in [0.3, 0.4) is 0 Å². The Bertz CT molecular complexity index is 540. The monoisotopic (exact) mass is 343 g/mol. The van der Waals surface area contributed by atoms with Gasteiger partial charge in [-0.05, 0) is 46.1 Å². The van der Waals surface area contributed by atoms with Gasteiger partial charge in [-0.25, -0.2) is 0 Å². The Balaban J connectivity index is 2.19. The summed E-state index contributed by atoms with van der Waals surface area (Å²) in [5, 5.41) is 0.495. The van der Waals surface area contributed by atoms with Crippen molar-refractivity contribution in [2.75, 3.05) is 0 Å². The molecule has 1 unspecified atom stereocenters. The summed E-state index contributed by atoms with van der Waals surface area (Å²) in [5.74, 6) is 0. The second-order valence-electron chi connectivity index (χ2n) is 4.14. The molecule has 1 atom stereocenters.